The summed E-state index contributed by atoms with van der Waals surface area (Å²) in [6, 6.07) is 1.93. The van der Waals surface area contributed by atoms with Crippen LogP contribution in [0.3, 0.4) is 0 Å². The van der Waals surface area contributed by atoms with E-state index in [-0.39, 0.29) is 18.1 Å². The molecule has 0 N–H and O–H groups in total. The fraction of sp³-hybridized carbons (Fsp3) is 0.364. The normalized spacial score (nSPS) is 9.89. The molecule has 0 aliphatic heterocycles. The van der Waals surface area contributed by atoms with Crippen molar-refractivity contribution in [3.05, 3.63) is 21.3 Å². The number of nitrogens with zero attached hydrogens (tertiary/aromatic N) is 2. The first-order chi connectivity index (χ1) is 8.51. The molecular weight excluding hydrogens is 304 g/mol. The van der Waals surface area contributed by atoms with Crippen LogP contribution < -0.4 is 9.84 Å². The van der Waals surface area contributed by atoms with E-state index < -0.39 is 12.6 Å². The smallest absolute Gasteiger partial charge is 0.232 e. The number of hydrogen-bond donors (Lipinski definition) is 0. The number of methoxy groups -OCH3 is 1. The molecule has 0 spiro atoms. The van der Waals surface area contributed by atoms with Gasteiger partial charge < -0.3 is 19.4 Å². The van der Waals surface area contributed by atoms with Crippen LogP contribution in [-0.4, -0.2) is 24.7 Å². The highest BCUT2D eigenvalue weighted by Crippen LogP contribution is 2.29. The molecule has 0 aliphatic carbocycles. The van der Waals surface area contributed by atoms with E-state index >= 15 is 0 Å². The minimum Gasteiger partial charge on any atom is -0.546 e. The van der Waals surface area contributed by atoms with E-state index in [0.717, 1.165) is 0 Å². The minimum absolute atomic E-state index is 0.0329. The monoisotopic (exact) mass is 313 g/mol. The van der Waals surface area contributed by atoms with E-state index in [9.17, 15) is 9.90 Å². The molecule has 0 saturated heterocycles. The van der Waals surface area contributed by atoms with Gasteiger partial charge in [-0.25, -0.2) is 4.98 Å². The average molecular weight is 314 g/mol. The Kier molecular flexibility index (Phi) is 5.07. The first-order valence-corrected chi connectivity index (χ1v) is 5.71. The molecular formula is C11H10BrN2O4-. The van der Waals surface area contributed by atoms with E-state index in [4.69, 9.17) is 14.7 Å². The van der Waals surface area contributed by atoms with Crippen LogP contribution >= 0.6 is 15.9 Å². The zero-order valence-corrected chi connectivity index (χ0v) is 11.4. The highest BCUT2D eigenvalue weighted by atomic mass is 79.9. The Morgan fingerprint density at radius 2 is 2.28 bits per heavy atom. The van der Waals surface area contributed by atoms with Crippen LogP contribution in [0.4, 0.5) is 0 Å². The lowest BCUT2D eigenvalue weighted by atomic mass is 10.1. The van der Waals surface area contributed by atoms with Crippen molar-refractivity contribution in [2.24, 2.45) is 0 Å². The Bertz CT molecular complexity index is 511. The van der Waals surface area contributed by atoms with Gasteiger partial charge >= 0.3 is 0 Å². The van der Waals surface area contributed by atoms with E-state index in [0.29, 0.717) is 15.7 Å². The van der Waals surface area contributed by atoms with Gasteiger partial charge in [0, 0.05) is 17.1 Å². The first kappa shape index (κ1) is 14.4. The van der Waals surface area contributed by atoms with Crippen molar-refractivity contribution in [1.82, 2.24) is 4.98 Å². The van der Waals surface area contributed by atoms with Gasteiger partial charge in [0.1, 0.15) is 18.2 Å². The molecule has 0 unspecified atom stereocenters. The van der Waals surface area contributed by atoms with Gasteiger partial charge in [-0.1, -0.05) is 0 Å². The van der Waals surface area contributed by atoms with Gasteiger partial charge in [0.15, 0.2) is 0 Å². The molecule has 1 rings (SSSR count). The number of carbonyl (C=O) groups excluding carboxylic acids is 1. The zero-order valence-electron chi connectivity index (χ0n) is 9.82. The molecule has 0 aromatic carbocycles. The third kappa shape index (κ3) is 3.18. The maximum Gasteiger partial charge on any atom is 0.232 e. The molecule has 0 fully saturated rings. The molecule has 7 heteroatoms. The highest BCUT2D eigenvalue weighted by Gasteiger charge is 2.17. The third-order valence-corrected chi connectivity index (χ3v) is 3.15. The van der Waals surface area contributed by atoms with E-state index in [1.54, 1.807) is 6.92 Å². The predicted molar refractivity (Wildman–Crippen MR) is 62.6 cm³/mol. The molecule has 1 heterocycles. The molecule has 0 saturated carbocycles. The molecule has 18 heavy (non-hydrogen) atoms. The number of aromatic nitrogens is 1. The molecule has 0 aliphatic rings. The van der Waals surface area contributed by atoms with Gasteiger partial charge in [-0.05, 0) is 22.9 Å². The van der Waals surface area contributed by atoms with Crippen LogP contribution in [0.2, 0.25) is 0 Å². The number of halogens is 1. The second kappa shape index (κ2) is 6.33. The summed E-state index contributed by atoms with van der Waals surface area (Å²) in [6.07, 6.45) is 0. The number of carboxylic acids is 1. The van der Waals surface area contributed by atoms with Crippen molar-refractivity contribution in [3.8, 4) is 11.9 Å². The highest BCUT2D eigenvalue weighted by molar-refractivity contribution is 9.10. The molecule has 1 aromatic heterocycles. The summed E-state index contributed by atoms with van der Waals surface area (Å²) in [6.45, 7) is 1.24. The van der Waals surface area contributed by atoms with Gasteiger partial charge in [0.2, 0.25) is 5.88 Å². The van der Waals surface area contributed by atoms with Crippen LogP contribution in [0, 0.1) is 18.3 Å². The van der Waals surface area contributed by atoms with Crippen molar-refractivity contribution in [2.75, 3.05) is 13.7 Å². The fourth-order valence-electron chi connectivity index (χ4n) is 1.34. The molecule has 0 atom stereocenters. The lowest BCUT2D eigenvalue weighted by molar-refractivity contribution is -0.307. The number of rotatable bonds is 5. The standard InChI is InChI=1S/C11H11BrN2O4/c1-6-10(12)8(4-17-2)7(3-13)11(14-6)18-5-9(15)16/h4-5H2,1-2H3,(H,15,16)/p-1. The SMILES string of the molecule is COCc1c(Br)c(C)nc(OCC(=O)[O-])c1C#N. The molecule has 6 nitrogen and oxygen atoms in total. The number of aliphatic carboxylic acids is 1. The second-order valence-electron chi connectivity index (χ2n) is 3.38. The summed E-state index contributed by atoms with van der Waals surface area (Å²) in [7, 11) is 1.49. The number of carbonyl (C=O) groups is 1. The first-order valence-electron chi connectivity index (χ1n) is 4.91. The summed E-state index contributed by atoms with van der Waals surface area (Å²) >= 11 is 3.31. The van der Waals surface area contributed by atoms with Crippen molar-refractivity contribution >= 4 is 21.9 Å². The van der Waals surface area contributed by atoms with Crippen LogP contribution in [-0.2, 0) is 16.1 Å². The third-order valence-electron chi connectivity index (χ3n) is 2.09. The number of carboxylic acid groups (broad SMARTS) is 1. The molecule has 0 amide bonds. The number of ether oxygens (including phenoxy) is 2. The van der Waals surface area contributed by atoms with Crippen molar-refractivity contribution < 1.29 is 19.4 Å². The molecule has 0 bridgehead atoms. The fourth-order valence-corrected chi connectivity index (χ4v) is 1.74. The van der Waals surface area contributed by atoms with E-state index in [1.807, 2.05) is 6.07 Å². The summed E-state index contributed by atoms with van der Waals surface area (Å²) in [5.74, 6) is -1.41. The maximum atomic E-state index is 10.4. The minimum atomic E-state index is -1.38. The van der Waals surface area contributed by atoms with Gasteiger partial charge in [0.05, 0.1) is 18.3 Å². The lowest BCUT2D eigenvalue weighted by Gasteiger charge is -2.13. The van der Waals surface area contributed by atoms with E-state index in [2.05, 4.69) is 20.9 Å². The maximum absolute atomic E-state index is 10.4. The van der Waals surface area contributed by atoms with Crippen LogP contribution in [0.25, 0.3) is 0 Å². The summed E-state index contributed by atoms with van der Waals surface area (Å²) in [5, 5.41) is 19.5. The number of nitriles is 1. The molecule has 96 valence electrons. The molecule has 0 radical (unpaired) electrons. The van der Waals surface area contributed by atoms with E-state index in [1.165, 1.54) is 7.11 Å². The number of pyridine rings is 1. The lowest BCUT2D eigenvalue weighted by Crippen LogP contribution is -2.29. The van der Waals surface area contributed by atoms with Gasteiger partial charge in [-0.3, -0.25) is 0 Å². The Labute approximate surface area is 112 Å². The van der Waals surface area contributed by atoms with Gasteiger partial charge in [0.25, 0.3) is 0 Å². The predicted octanol–water partition coefficient (Wildman–Crippen LogP) is 0.299. The summed E-state index contributed by atoms with van der Waals surface area (Å²) in [4.78, 5) is 14.4. The van der Waals surface area contributed by atoms with Crippen LogP contribution in [0.15, 0.2) is 4.47 Å². The quantitative estimate of drug-likeness (QED) is 0.775. The van der Waals surface area contributed by atoms with Gasteiger partial charge in [-0.15, -0.1) is 0 Å². The zero-order chi connectivity index (χ0) is 13.7. The van der Waals surface area contributed by atoms with Crippen molar-refractivity contribution in [1.29, 1.82) is 5.26 Å². The van der Waals surface area contributed by atoms with Gasteiger partial charge in [-0.2, -0.15) is 5.26 Å². The van der Waals surface area contributed by atoms with Crippen LogP contribution in [0.1, 0.15) is 16.8 Å². The Morgan fingerprint density at radius 3 is 2.78 bits per heavy atom. The topological polar surface area (TPSA) is 95.3 Å². The Balaban J connectivity index is 3.25. The number of aryl methyl sites for hydroxylation is 1. The number of hydrogen-bond acceptors (Lipinski definition) is 6. The Hall–Kier alpha value is -1.65. The second-order valence-corrected chi connectivity index (χ2v) is 4.17. The Morgan fingerprint density at radius 1 is 1.61 bits per heavy atom. The van der Waals surface area contributed by atoms with Crippen LogP contribution in [0.5, 0.6) is 5.88 Å². The van der Waals surface area contributed by atoms with Crippen molar-refractivity contribution in [3.63, 3.8) is 0 Å². The largest absolute Gasteiger partial charge is 0.546 e. The summed E-state index contributed by atoms with van der Waals surface area (Å²) in [5.41, 5.74) is 1.30. The summed E-state index contributed by atoms with van der Waals surface area (Å²) < 4.78 is 10.6. The average Bonchev–Trinajstić information content (AvgIpc) is 2.32. The molecule has 1 aromatic rings. The van der Waals surface area contributed by atoms with Crippen molar-refractivity contribution in [2.45, 2.75) is 13.5 Å².